The van der Waals surface area contributed by atoms with E-state index in [2.05, 4.69) is 55.4 Å². The van der Waals surface area contributed by atoms with Crippen LogP contribution in [0.3, 0.4) is 0 Å². The number of benzene rings is 1. The highest BCUT2D eigenvalue weighted by molar-refractivity contribution is 5.99. The SMILES string of the molecule is CCN(CC)Cc1oc(-c2c(C)n(C3CCCCC3)c3c(OC)cccc23)nc1C. The highest BCUT2D eigenvalue weighted by Crippen LogP contribution is 2.43. The number of rotatable bonds is 7. The number of nitrogens with zero attached hydrogens (tertiary/aromatic N) is 3. The van der Waals surface area contributed by atoms with E-state index in [0.29, 0.717) is 6.04 Å². The number of methoxy groups -OCH3 is 1. The summed E-state index contributed by atoms with van der Waals surface area (Å²) >= 11 is 0. The largest absolute Gasteiger partial charge is 0.495 e. The van der Waals surface area contributed by atoms with Crippen molar-refractivity contribution in [1.82, 2.24) is 14.5 Å². The van der Waals surface area contributed by atoms with Gasteiger partial charge in [-0.3, -0.25) is 4.90 Å². The van der Waals surface area contributed by atoms with Gasteiger partial charge in [0.15, 0.2) is 0 Å². The number of aromatic nitrogens is 2. The van der Waals surface area contributed by atoms with Crippen molar-refractivity contribution in [3.8, 4) is 17.2 Å². The van der Waals surface area contributed by atoms with E-state index < -0.39 is 0 Å². The molecule has 2 aromatic heterocycles. The van der Waals surface area contributed by atoms with Crippen molar-refractivity contribution in [3.63, 3.8) is 0 Å². The minimum Gasteiger partial charge on any atom is -0.495 e. The zero-order valence-corrected chi connectivity index (χ0v) is 19.1. The number of hydrogen-bond donors (Lipinski definition) is 0. The van der Waals surface area contributed by atoms with Crippen LogP contribution in [0.15, 0.2) is 22.6 Å². The topological polar surface area (TPSA) is 43.4 Å². The molecule has 5 heteroatoms. The van der Waals surface area contributed by atoms with Gasteiger partial charge < -0.3 is 13.7 Å². The van der Waals surface area contributed by atoms with Gasteiger partial charge in [-0.25, -0.2) is 4.98 Å². The minimum atomic E-state index is 0.512. The second kappa shape index (κ2) is 8.84. The summed E-state index contributed by atoms with van der Waals surface area (Å²) in [6.07, 6.45) is 6.37. The van der Waals surface area contributed by atoms with Gasteiger partial charge in [0.1, 0.15) is 11.5 Å². The molecule has 1 saturated carbocycles. The Balaban J connectivity index is 1.87. The lowest BCUT2D eigenvalue weighted by Crippen LogP contribution is -2.22. The van der Waals surface area contributed by atoms with Gasteiger partial charge >= 0.3 is 0 Å². The van der Waals surface area contributed by atoms with E-state index in [1.807, 2.05) is 0 Å². The maximum Gasteiger partial charge on any atom is 0.229 e. The summed E-state index contributed by atoms with van der Waals surface area (Å²) in [7, 11) is 1.76. The quantitative estimate of drug-likeness (QED) is 0.461. The van der Waals surface area contributed by atoms with Crippen LogP contribution in [-0.4, -0.2) is 34.7 Å². The second-order valence-electron chi connectivity index (χ2n) is 8.47. The molecule has 162 valence electrons. The number of para-hydroxylation sites is 1. The molecule has 4 rings (SSSR count). The molecule has 1 aliphatic carbocycles. The summed E-state index contributed by atoms with van der Waals surface area (Å²) < 4.78 is 14.7. The molecule has 1 fully saturated rings. The molecule has 0 aliphatic heterocycles. The first-order chi connectivity index (χ1) is 14.6. The van der Waals surface area contributed by atoms with Gasteiger partial charge in [-0.15, -0.1) is 0 Å². The van der Waals surface area contributed by atoms with Gasteiger partial charge in [0, 0.05) is 17.1 Å². The number of hydrogen-bond acceptors (Lipinski definition) is 4. The summed E-state index contributed by atoms with van der Waals surface area (Å²) in [6, 6.07) is 6.83. The molecule has 1 aromatic carbocycles. The lowest BCUT2D eigenvalue weighted by Gasteiger charge is -2.26. The lowest BCUT2D eigenvalue weighted by atomic mass is 9.95. The van der Waals surface area contributed by atoms with Gasteiger partial charge in [0.05, 0.1) is 30.4 Å². The molecule has 0 atom stereocenters. The Morgan fingerprint density at radius 3 is 2.53 bits per heavy atom. The molecule has 30 heavy (non-hydrogen) atoms. The number of ether oxygens (including phenoxy) is 1. The van der Waals surface area contributed by atoms with Crippen molar-refractivity contribution < 1.29 is 9.15 Å². The van der Waals surface area contributed by atoms with Crippen molar-refractivity contribution in [1.29, 1.82) is 0 Å². The zero-order chi connectivity index (χ0) is 21.3. The molecule has 3 aromatic rings. The average molecular weight is 410 g/mol. The van der Waals surface area contributed by atoms with Crippen LogP contribution in [-0.2, 0) is 6.54 Å². The first-order valence-electron chi connectivity index (χ1n) is 11.5. The van der Waals surface area contributed by atoms with Gasteiger partial charge in [-0.2, -0.15) is 0 Å². The molecule has 0 unspecified atom stereocenters. The van der Waals surface area contributed by atoms with Crippen molar-refractivity contribution in [3.05, 3.63) is 35.3 Å². The highest BCUT2D eigenvalue weighted by Gasteiger charge is 2.27. The second-order valence-corrected chi connectivity index (χ2v) is 8.47. The van der Waals surface area contributed by atoms with Crippen LogP contribution in [0.4, 0.5) is 0 Å². The Bertz CT molecular complexity index is 1010. The fourth-order valence-electron chi connectivity index (χ4n) is 5.02. The molecule has 0 N–H and O–H groups in total. The van der Waals surface area contributed by atoms with Crippen molar-refractivity contribution >= 4 is 10.9 Å². The first-order valence-corrected chi connectivity index (χ1v) is 11.5. The highest BCUT2D eigenvalue weighted by atomic mass is 16.5. The van der Waals surface area contributed by atoms with Crippen molar-refractivity contribution in [2.75, 3.05) is 20.2 Å². The predicted octanol–water partition coefficient (Wildman–Crippen LogP) is 6.27. The van der Waals surface area contributed by atoms with Gasteiger partial charge in [-0.05, 0) is 45.8 Å². The van der Waals surface area contributed by atoms with Crippen LogP contribution >= 0.6 is 0 Å². The van der Waals surface area contributed by atoms with Crippen LogP contribution in [0.25, 0.3) is 22.4 Å². The molecule has 2 heterocycles. The molecule has 0 saturated heterocycles. The van der Waals surface area contributed by atoms with Gasteiger partial charge in [-0.1, -0.05) is 45.2 Å². The Kier molecular flexibility index (Phi) is 6.19. The molecule has 0 spiro atoms. The molecule has 1 aliphatic rings. The third-order valence-corrected chi connectivity index (χ3v) is 6.76. The maximum absolute atomic E-state index is 6.39. The number of aryl methyl sites for hydroxylation is 1. The van der Waals surface area contributed by atoms with E-state index in [9.17, 15) is 0 Å². The van der Waals surface area contributed by atoms with E-state index in [4.69, 9.17) is 14.1 Å². The lowest BCUT2D eigenvalue weighted by molar-refractivity contribution is 0.269. The number of fused-ring (bicyclic) bond motifs is 1. The summed E-state index contributed by atoms with van der Waals surface area (Å²) in [5, 5.41) is 1.17. The monoisotopic (exact) mass is 409 g/mol. The summed E-state index contributed by atoms with van der Waals surface area (Å²) in [5.74, 6) is 2.63. The smallest absolute Gasteiger partial charge is 0.229 e. The average Bonchev–Trinajstić information content (AvgIpc) is 3.28. The Hall–Kier alpha value is -2.27. The molecular formula is C25H35N3O2. The van der Waals surface area contributed by atoms with Crippen molar-refractivity contribution in [2.24, 2.45) is 0 Å². The maximum atomic E-state index is 6.39. The van der Waals surface area contributed by atoms with Crippen molar-refractivity contribution in [2.45, 2.75) is 72.4 Å². The molecule has 0 amide bonds. The van der Waals surface area contributed by atoms with E-state index >= 15 is 0 Å². The van der Waals surface area contributed by atoms with Crippen LogP contribution in [0.5, 0.6) is 5.75 Å². The predicted molar refractivity (Wildman–Crippen MR) is 122 cm³/mol. The van der Waals surface area contributed by atoms with Crippen LogP contribution in [0.1, 0.15) is 69.1 Å². The van der Waals surface area contributed by atoms with Crippen LogP contribution in [0, 0.1) is 13.8 Å². The summed E-state index contributed by atoms with van der Waals surface area (Å²) in [6.45, 7) is 11.4. The summed E-state index contributed by atoms with van der Waals surface area (Å²) in [4.78, 5) is 7.24. The Morgan fingerprint density at radius 1 is 1.13 bits per heavy atom. The molecule has 5 nitrogen and oxygen atoms in total. The first kappa shape index (κ1) is 21.0. The summed E-state index contributed by atoms with van der Waals surface area (Å²) in [5.41, 5.74) is 4.51. The van der Waals surface area contributed by atoms with E-state index in [0.717, 1.165) is 48.3 Å². The van der Waals surface area contributed by atoms with Crippen LogP contribution < -0.4 is 4.74 Å². The Morgan fingerprint density at radius 2 is 1.87 bits per heavy atom. The normalized spacial score (nSPS) is 15.4. The van der Waals surface area contributed by atoms with E-state index in [-0.39, 0.29) is 0 Å². The third kappa shape index (κ3) is 3.64. The minimum absolute atomic E-state index is 0.512. The fraction of sp³-hybridized carbons (Fsp3) is 0.560. The van der Waals surface area contributed by atoms with Crippen LogP contribution in [0.2, 0.25) is 0 Å². The number of oxazole rings is 1. The molecular weight excluding hydrogens is 374 g/mol. The van der Waals surface area contributed by atoms with Gasteiger partial charge in [0.25, 0.3) is 0 Å². The fourth-order valence-corrected chi connectivity index (χ4v) is 5.02. The molecule has 0 radical (unpaired) electrons. The molecule has 0 bridgehead atoms. The third-order valence-electron chi connectivity index (χ3n) is 6.76. The van der Waals surface area contributed by atoms with E-state index in [1.54, 1.807) is 7.11 Å². The van der Waals surface area contributed by atoms with Gasteiger partial charge in [0.2, 0.25) is 5.89 Å². The van der Waals surface area contributed by atoms with E-state index in [1.165, 1.54) is 48.7 Å². The standard InChI is InChI=1S/C25H35N3O2/c1-6-27(7-2)16-22-17(3)26-25(30-22)23-18(4)28(19-12-9-8-10-13-19)24-20(23)14-11-15-21(24)29-5/h11,14-15,19H,6-10,12-13,16H2,1-5H3. The Labute approximate surface area is 180 Å². The zero-order valence-electron chi connectivity index (χ0n) is 19.1.